The van der Waals surface area contributed by atoms with E-state index in [4.69, 9.17) is 24.5 Å². The number of carboxylic acids is 2. The van der Waals surface area contributed by atoms with Crippen LogP contribution in [0.3, 0.4) is 0 Å². The highest BCUT2D eigenvalue weighted by Gasteiger charge is 2.18. The third-order valence-corrected chi connectivity index (χ3v) is 5.87. The second-order valence-electron chi connectivity index (χ2n) is 6.50. The van der Waals surface area contributed by atoms with Crippen molar-refractivity contribution in [1.29, 1.82) is 0 Å². The summed E-state index contributed by atoms with van der Waals surface area (Å²) < 4.78 is 34.4. The Morgan fingerprint density at radius 3 is 2.39 bits per heavy atom. The number of likely N-dealkylation sites (tertiary alicyclic amines) is 1. The maximum atomic E-state index is 12.5. The van der Waals surface area contributed by atoms with Crippen molar-refractivity contribution in [2.75, 3.05) is 33.3 Å². The summed E-state index contributed by atoms with van der Waals surface area (Å²) in [5.41, 5.74) is 0.569. The summed E-state index contributed by atoms with van der Waals surface area (Å²) >= 11 is 0. The van der Waals surface area contributed by atoms with Gasteiger partial charge in [0.2, 0.25) is 10.0 Å². The molecule has 1 aromatic carbocycles. The van der Waals surface area contributed by atoms with Crippen LogP contribution in [0.2, 0.25) is 0 Å². The summed E-state index contributed by atoms with van der Waals surface area (Å²) in [6.45, 7) is 3.19. The number of aliphatic carboxylic acids is 2. The Kier molecular flexibility index (Phi) is 8.84. The van der Waals surface area contributed by atoms with Gasteiger partial charge in [0.25, 0.3) is 0 Å². The van der Waals surface area contributed by atoms with Crippen LogP contribution in [0.4, 0.5) is 0 Å². The van der Waals surface area contributed by atoms with Gasteiger partial charge in [-0.05, 0) is 48.5 Å². The zero-order valence-corrected chi connectivity index (χ0v) is 17.7. The number of nitrogens with one attached hydrogen (secondary N) is 1. The Hall–Kier alpha value is -3.10. The van der Waals surface area contributed by atoms with Crippen LogP contribution in [-0.4, -0.2) is 89.0 Å². The van der Waals surface area contributed by atoms with E-state index in [1.165, 1.54) is 49.5 Å². The van der Waals surface area contributed by atoms with Crippen molar-refractivity contribution in [3.8, 4) is 11.4 Å². The third-order valence-electron chi connectivity index (χ3n) is 4.41. The molecule has 13 nitrogen and oxygen atoms in total. The monoisotopic (exact) mass is 456 g/mol. The number of sulfonamides is 1. The molecule has 170 valence electrons. The second-order valence-corrected chi connectivity index (χ2v) is 8.27. The van der Waals surface area contributed by atoms with Gasteiger partial charge in [-0.1, -0.05) is 6.42 Å². The lowest BCUT2D eigenvalue weighted by Crippen LogP contribution is -2.37. The summed E-state index contributed by atoms with van der Waals surface area (Å²) in [7, 11) is -2.12. The minimum Gasteiger partial charge on any atom is -0.494 e. The highest BCUT2D eigenvalue weighted by molar-refractivity contribution is 7.89. The maximum absolute atomic E-state index is 12.5. The smallest absolute Gasteiger partial charge is 0.414 e. The van der Waals surface area contributed by atoms with Gasteiger partial charge in [0, 0.05) is 19.2 Å². The van der Waals surface area contributed by atoms with Crippen LogP contribution in [0.25, 0.3) is 5.69 Å². The summed E-state index contributed by atoms with van der Waals surface area (Å²) in [5.74, 6) is -3.27. The maximum Gasteiger partial charge on any atom is 0.414 e. The summed E-state index contributed by atoms with van der Waals surface area (Å²) in [4.78, 5) is 20.6. The molecule has 0 spiro atoms. The molecule has 31 heavy (non-hydrogen) atoms. The number of aromatic nitrogens is 4. The number of nitrogens with zero attached hydrogens (tertiary/aromatic N) is 5. The molecular formula is C17H24N6O7S. The van der Waals surface area contributed by atoms with Gasteiger partial charge < -0.3 is 19.8 Å². The number of methoxy groups -OCH3 is 1. The predicted molar refractivity (Wildman–Crippen MR) is 106 cm³/mol. The molecule has 0 atom stereocenters. The van der Waals surface area contributed by atoms with E-state index in [0.717, 1.165) is 19.6 Å². The number of tetrazole rings is 1. The van der Waals surface area contributed by atoms with Gasteiger partial charge in [-0.15, -0.1) is 5.10 Å². The molecule has 1 aliphatic heterocycles. The lowest BCUT2D eigenvalue weighted by Gasteiger charge is -2.26. The van der Waals surface area contributed by atoms with Crippen molar-refractivity contribution in [1.82, 2.24) is 29.8 Å². The second kappa shape index (κ2) is 11.3. The lowest BCUT2D eigenvalue weighted by molar-refractivity contribution is -0.159. The lowest BCUT2D eigenvalue weighted by atomic mass is 10.1. The first-order valence-corrected chi connectivity index (χ1v) is 10.8. The fraction of sp³-hybridized carbons (Fsp3) is 0.471. The first-order valence-electron chi connectivity index (χ1n) is 9.34. The average Bonchev–Trinajstić information content (AvgIpc) is 3.29. The van der Waals surface area contributed by atoms with Crippen molar-refractivity contribution >= 4 is 22.0 Å². The molecule has 2 aromatic rings. The fourth-order valence-corrected chi connectivity index (χ4v) is 3.93. The van der Waals surface area contributed by atoms with Crippen LogP contribution in [0.1, 0.15) is 19.3 Å². The largest absolute Gasteiger partial charge is 0.494 e. The third kappa shape index (κ3) is 7.27. The topological polar surface area (TPSA) is 177 Å². The van der Waals surface area contributed by atoms with Crippen LogP contribution < -0.4 is 9.46 Å². The van der Waals surface area contributed by atoms with Crippen LogP contribution in [0.5, 0.6) is 5.75 Å². The summed E-state index contributed by atoms with van der Waals surface area (Å²) in [6, 6.07) is 4.61. The quantitative estimate of drug-likeness (QED) is 0.461. The molecule has 0 radical (unpaired) electrons. The SMILES string of the molecule is COc1cc(S(=O)(=O)NCCN2CCCCC2)ccc1-n1cnnn1.O=C(O)C(=O)O. The first kappa shape index (κ1) is 24.2. The van der Waals surface area contributed by atoms with Gasteiger partial charge in [-0.25, -0.2) is 22.7 Å². The van der Waals surface area contributed by atoms with Gasteiger partial charge in [-0.3, -0.25) is 0 Å². The number of ether oxygens (including phenoxy) is 1. The number of hydrogen-bond acceptors (Lipinski definition) is 9. The van der Waals surface area contributed by atoms with E-state index >= 15 is 0 Å². The van der Waals surface area contributed by atoms with Gasteiger partial charge in [-0.2, -0.15) is 4.68 Å². The normalized spacial score (nSPS) is 14.4. The Balaban J connectivity index is 0.000000501. The van der Waals surface area contributed by atoms with E-state index in [-0.39, 0.29) is 4.90 Å². The first-order chi connectivity index (χ1) is 14.7. The van der Waals surface area contributed by atoms with Crippen molar-refractivity contribution < 1.29 is 33.0 Å². The van der Waals surface area contributed by atoms with Crippen molar-refractivity contribution in [3.05, 3.63) is 24.5 Å². The number of benzene rings is 1. The number of carbonyl (C=O) groups is 2. The molecule has 2 heterocycles. The molecule has 3 N–H and O–H groups in total. The summed E-state index contributed by atoms with van der Waals surface area (Å²) in [6.07, 6.45) is 5.05. The zero-order chi connectivity index (χ0) is 22.9. The molecule has 1 saturated heterocycles. The van der Waals surface area contributed by atoms with Crippen LogP contribution in [-0.2, 0) is 19.6 Å². The molecule has 3 rings (SSSR count). The molecule has 0 amide bonds. The van der Waals surface area contributed by atoms with E-state index in [2.05, 4.69) is 25.1 Å². The van der Waals surface area contributed by atoms with E-state index in [0.29, 0.717) is 18.0 Å². The molecule has 14 heteroatoms. The molecule has 0 aliphatic carbocycles. The van der Waals surface area contributed by atoms with Crippen LogP contribution >= 0.6 is 0 Å². The molecule has 0 unspecified atom stereocenters. The van der Waals surface area contributed by atoms with Crippen LogP contribution in [0.15, 0.2) is 29.4 Å². The number of carboxylic acid groups (broad SMARTS) is 2. The Morgan fingerprint density at radius 1 is 1.16 bits per heavy atom. The zero-order valence-electron chi connectivity index (χ0n) is 16.8. The predicted octanol–water partition coefficient (Wildman–Crippen LogP) is -0.409. The van der Waals surface area contributed by atoms with Gasteiger partial charge in [0.15, 0.2) is 0 Å². The van der Waals surface area contributed by atoms with E-state index in [9.17, 15) is 8.42 Å². The highest BCUT2D eigenvalue weighted by Crippen LogP contribution is 2.25. The van der Waals surface area contributed by atoms with Crippen molar-refractivity contribution in [2.24, 2.45) is 0 Å². The molecular weight excluding hydrogens is 432 g/mol. The Morgan fingerprint density at radius 2 is 1.84 bits per heavy atom. The Bertz CT molecular complexity index is 963. The van der Waals surface area contributed by atoms with E-state index in [1.54, 1.807) is 6.07 Å². The standard InChI is InChI=1S/C15H22N6O3S.C2H2O4/c1-24-15-11-13(5-6-14(15)21-12-16-18-19-21)25(22,23)17-7-10-20-8-3-2-4-9-20;3-1(4)2(5)6/h5-6,11-12,17H,2-4,7-10H2,1H3;(H,3,4)(H,5,6). The molecule has 0 bridgehead atoms. The average molecular weight is 456 g/mol. The van der Waals surface area contributed by atoms with Crippen LogP contribution in [0, 0.1) is 0 Å². The van der Waals surface area contributed by atoms with Gasteiger partial charge in [0.1, 0.15) is 17.8 Å². The van der Waals surface area contributed by atoms with E-state index < -0.39 is 22.0 Å². The van der Waals surface area contributed by atoms with Crippen molar-refractivity contribution in [2.45, 2.75) is 24.2 Å². The number of piperidine rings is 1. The minimum absolute atomic E-state index is 0.153. The number of hydrogen-bond donors (Lipinski definition) is 3. The van der Waals surface area contributed by atoms with Gasteiger partial charge >= 0.3 is 11.9 Å². The minimum atomic E-state index is -3.60. The van der Waals surface area contributed by atoms with Crippen molar-refractivity contribution in [3.63, 3.8) is 0 Å². The van der Waals surface area contributed by atoms with Gasteiger partial charge in [0.05, 0.1) is 12.0 Å². The highest BCUT2D eigenvalue weighted by atomic mass is 32.2. The van der Waals surface area contributed by atoms with E-state index in [1.807, 2.05) is 0 Å². The summed E-state index contributed by atoms with van der Waals surface area (Å²) in [5, 5.41) is 25.7. The molecule has 0 saturated carbocycles. The fourth-order valence-electron chi connectivity index (χ4n) is 2.89. The molecule has 1 aliphatic rings. The molecule has 1 aromatic heterocycles. The molecule has 1 fully saturated rings. The Labute approximate surface area is 178 Å². The number of rotatable bonds is 7.